The Labute approximate surface area is 248 Å². The number of pyridine rings is 2. The Morgan fingerprint density at radius 3 is 2.81 bits per heavy atom. The van der Waals surface area contributed by atoms with Gasteiger partial charge in [-0.25, -0.2) is 24.0 Å². The zero-order valence-electron chi connectivity index (χ0n) is 23.8. The summed E-state index contributed by atoms with van der Waals surface area (Å²) in [5, 5.41) is 7.93. The highest BCUT2D eigenvalue weighted by molar-refractivity contribution is 5.87. The first kappa shape index (κ1) is 27.0. The van der Waals surface area contributed by atoms with E-state index in [0.29, 0.717) is 41.6 Å². The smallest absolute Gasteiger partial charge is 0.246 e. The van der Waals surface area contributed by atoms with E-state index in [1.807, 2.05) is 41.1 Å². The highest BCUT2D eigenvalue weighted by Gasteiger charge is 2.42. The third-order valence-electron chi connectivity index (χ3n) is 8.57. The maximum atomic E-state index is 15.8. The number of halogens is 1. The standard InChI is InChI=1S/C32H32FN9O/c1-3-28(43)40-17-13-26(32(2,33)19-40)37-24-10-7-20-18-21(8-9-22(20)24)42-30(23-6-4-14-35-29(23)34)38-25-11-12-27(39-31(25)42)41-16-5-15-36-41/h3-6,8-9,11-12,14-16,18,24,26,37H,1,7,10,13,17,19H2,2H3,(H2,34,35)/t24-,26?,32?/m0/s1. The lowest BCUT2D eigenvalue weighted by Crippen LogP contribution is -2.59. The van der Waals surface area contributed by atoms with E-state index in [1.54, 1.807) is 24.0 Å². The number of nitrogens with two attached hydrogens (primary N) is 1. The lowest BCUT2D eigenvalue weighted by Gasteiger charge is -2.42. The van der Waals surface area contributed by atoms with Crippen LogP contribution in [0.2, 0.25) is 0 Å². The molecule has 7 rings (SSSR count). The van der Waals surface area contributed by atoms with Crippen LogP contribution in [0, 0.1) is 0 Å². The van der Waals surface area contributed by atoms with Crippen LogP contribution in [0.4, 0.5) is 10.2 Å². The molecule has 3 N–H and O–H groups in total. The number of aryl methyl sites for hydroxylation is 1. The number of carbonyl (C=O) groups is 1. The summed E-state index contributed by atoms with van der Waals surface area (Å²) < 4.78 is 19.5. The van der Waals surface area contributed by atoms with Crippen molar-refractivity contribution >= 4 is 22.9 Å². The molecule has 1 fully saturated rings. The third-order valence-corrected chi connectivity index (χ3v) is 8.57. The molecule has 2 aliphatic rings. The Bertz CT molecular complexity index is 1850. The van der Waals surface area contributed by atoms with E-state index in [0.717, 1.165) is 29.6 Å². The molecule has 1 aliphatic carbocycles. The van der Waals surface area contributed by atoms with Gasteiger partial charge in [-0.3, -0.25) is 9.36 Å². The molecule has 3 atom stereocenters. The number of nitrogens with one attached hydrogen (secondary N) is 1. The summed E-state index contributed by atoms with van der Waals surface area (Å²) in [6, 6.07) is 15.4. The van der Waals surface area contributed by atoms with Crippen molar-refractivity contribution < 1.29 is 9.18 Å². The van der Waals surface area contributed by atoms with Gasteiger partial charge >= 0.3 is 0 Å². The van der Waals surface area contributed by atoms with E-state index in [1.165, 1.54) is 16.5 Å². The van der Waals surface area contributed by atoms with Gasteiger partial charge < -0.3 is 16.0 Å². The Hall–Kier alpha value is -4.90. The fourth-order valence-corrected chi connectivity index (χ4v) is 6.39. The molecule has 10 nitrogen and oxygen atoms in total. The van der Waals surface area contributed by atoms with Crippen LogP contribution in [0.1, 0.15) is 36.9 Å². The molecule has 1 aliphatic heterocycles. The molecule has 1 amide bonds. The maximum Gasteiger partial charge on any atom is 0.246 e. The molecule has 1 aromatic carbocycles. The summed E-state index contributed by atoms with van der Waals surface area (Å²) >= 11 is 0. The van der Waals surface area contributed by atoms with E-state index < -0.39 is 5.67 Å². The Kier molecular flexibility index (Phi) is 6.54. The van der Waals surface area contributed by atoms with Crippen molar-refractivity contribution in [1.82, 2.24) is 39.5 Å². The second-order valence-corrected chi connectivity index (χ2v) is 11.4. The lowest BCUT2D eigenvalue weighted by atomic mass is 9.89. The summed E-state index contributed by atoms with van der Waals surface area (Å²) in [4.78, 5) is 27.8. The van der Waals surface area contributed by atoms with Crippen molar-refractivity contribution in [3.05, 3.63) is 90.9 Å². The molecule has 218 valence electrons. The number of piperidine rings is 1. The SMILES string of the molecule is C=CC(=O)N1CCC(N[C@H]2CCc3cc(-n4c(-c5cccnc5N)nc5ccc(-n6cccn6)nc54)ccc32)C(C)(F)C1. The van der Waals surface area contributed by atoms with Crippen molar-refractivity contribution in [3.63, 3.8) is 0 Å². The largest absolute Gasteiger partial charge is 0.383 e. The van der Waals surface area contributed by atoms with Gasteiger partial charge in [-0.1, -0.05) is 12.6 Å². The van der Waals surface area contributed by atoms with Gasteiger partial charge in [0.15, 0.2) is 17.3 Å². The minimum atomic E-state index is -1.55. The van der Waals surface area contributed by atoms with Gasteiger partial charge in [0, 0.05) is 42.9 Å². The number of amides is 1. The van der Waals surface area contributed by atoms with E-state index in [2.05, 4.69) is 40.2 Å². The zero-order chi connectivity index (χ0) is 29.7. The first-order valence-corrected chi connectivity index (χ1v) is 14.4. The van der Waals surface area contributed by atoms with Gasteiger partial charge in [0.05, 0.1) is 12.1 Å². The number of nitrogen functional groups attached to an aromatic ring is 1. The van der Waals surface area contributed by atoms with E-state index in [-0.39, 0.29) is 24.5 Å². The number of aromatic nitrogens is 6. The number of imidazole rings is 1. The average Bonchev–Trinajstić information content (AvgIpc) is 3.76. The second kappa shape index (κ2) is 10.4. The molecule has 1 saturated heterocycles. The minimum absolute atomic E-state index is 0.0169. The molecule has 0 saturated carbocycles. The van der Waals surface area contributed by atoms with E-state index in [9.17, 15) is 4.79 Å². The minimum Gasteiger partial charge on any atom is -0.383 e. The van der Waals surface area contributed by atoms with Crippen molar-refractivity contribution in [3.8, 4) is 22.9 Å². The number of benzene rings is 1. The number of hydrogen-bond acceptors (Lipinski definition) is 7. The molecule has 4 aromatic heterocycles. The number of carbonyl (C=O) groups excluding carboxylic acids is 1. The number of alkyl halides is 1. The Balaban J connectivity index is 1.25. The predicted octanol–water partition coefficient (Wildman–Crippen LogP) is 4.34. The number of anilines is 1. The molecule has 5 aromatic rings. The lowest BCUT2D eigenvalue weighted by molar-refractivity contribution is -0.130. The molecule has 11 heteroatoms. The van der Waals surface area contributed by atoms with Crippen LogP contribution >= 0.6 is 0 Å². The number of fused-ring (bicyclic) bond motifs is 2. The highest BCUT2D eigenvalue weighted by Crippen LogP contribution is 2.38. The Morgan fingerprint density at radius 2 is 2.05 bits per heavy atom. The van der Waals surface area contributed by atoms with Crippen molar-refractivity contribution in [2.45, 2.75) is 43.9 Å². The third kappa shape index (κ3) is 4.75. The van der Waals surface area contributed by atoms with Crippen LogP contribution in [0.3, 0.4) is 0 Å². The molecule has 0 bridgehead atoms. The topological polar surface area (TPSA) is 120 Å². The summed E-state index contributed by atoms with van der Waals surface area (Å²) in [5.41, 5.74) is 10.1. The van der Waals surface area contributed by atoms with E-state index >= 15 is 4.39 Å². The Morgan fingerprint density at radius 1 is 1.16 bits per heavy atom. The number of nitrogens with zero attached hydrogens (tertiary/aromatic N) is 7. The van der Waals surface area contributed by atoms with E-state index in [4.69, 9.17) is 15.7 Å². The summed E-state index contributed by atoms with van der Waals surface area (Å²) in [7, 11) is 0. The number of likely N-dealkylation sites (tertiary alicyclic amines) is 1. The molecule has 0 radical (unpaired) electrons. The first-order valence-electron chi connectivity index (χ1n) is 14.4. The average molecular weight is 578 g/mol. The van der Waals surface area contributed by atoms with Crippen molar-refractivity contribution in [2.24, 2.45) is 0 Å². The maximum absolute atomic E-state index is 15.8. The van der Waals surface area contributed by atoms with Gasteiger partial charge in [0.1, 0.15) is 17.0 Å². The number of rotatable bonds is 6. The van der Waals surface area contributed by atoms with Gasteiger partial charge in [0.2, 0.25) is 5.91 Å². The van der Waals surface area contributed by atoms with Crippen LogP contribution in [0.25, 0.3) is 34.1 Å². The second-order valence-electron chi connectivity index (χ2n) is 11.4. The van der Waals surface area contributed by atoms with Gasteiger partial charge in [-0.15, -0.1) is 0 Å². The van der Waals surface area contributed by atoms with Crippen LogP contribution in [0.5, 0.6) is 0 Å². The van der Waals surface area contributed by atoms with Crippen LogP contribution in [0.15, 0.2) is 79.8 Å². The highest BCUT2D eigenvalue weighted by atomic mass is 19.1. The predicted molar refractivity (Wildman–Crippen MR) is 163 cm³/mol. The van der Waals surface area contributed by atoms with Crippen LogP contribution < -0.4 is 11.1 Å². The normalized spacial score (nSPS) is 21.7. The van der Waals surface area contributed by atoms with Crippen molar-refractivity contribution in [2.75, 3.05) is 18.8 Å². The van der Waals surface area contributed by atoms with Gasteiger partial charge in [-0.05, 0) is 85.9 Å². The van der Waals surface area contributed by atoms with Crippen LogP contribution in [-0.4, -0.2) is 64.9 Å². The zero-order valence-corrected chi connectivity index (χ0v) is 23.8. The summed E-state index contributed by atoms with van der Waals surface area (Å²) in [6.45, 7) is 5.67. The fraction of sp³-hybridized carbons (Fsp3) is 0.281. The summed E-state index contributed by atoms with van der Waals surface area (Å²) in [5.74, 6) is 1.47. The number of hydrogen-bond donors (Lipinski definition) is 2. The quantitative estimate of drug-likeness (QED) is 0.288. The van der Waals surface area contributed by atoms with Crippen LogP contribution in [-0.2, 0) is 11.2 Å². The molecule has 0 spiro atoms. The fourth-order valence-electron chi connectivity index (χ4n) is 6.39. The summed E-state index contributed by atoms with van der Waals surface area (Å²) in [6.07, 6.45) is 8.71. The van der Waals surface area contributed by atoms with Gasteiger partial charge in [0.25, 0.3) is 0 Å². The molecule has 2 unspecified atom stereocenters. The molecule has 5 heterocycles. The first-order chi connectivity index (χ1) is 20.8. The molecular formula is C32H32FN9O. The van der Waals surface area contributed by atoms with Crippen molar-refractivity contribution in [1.29, 1.82) is 0 Å². The molecule has 43 heavy (non-hydrogen) atoms. The van der Waals surface area contributed by atoms with Gasteiger partial charge in [-0.2, -0.15) is 5.10 Å². The molecular weight excluding hydrogens is 545 g/mol. The monoisotopic (exact) mass is 577 g/mol.